The van der Waals surface area contributed by atoms with Crippen LogP contribution in [0.3, 0.4) is 0 Å². The largest absolute Gasteiger partial charge is 0.386 e. The summed E-state index contributed by atoms with van der Waals surface area (Å²) < 4.78 is 26.7. The van der Waals surface area contributed by atoms with E-state index in [0.29, 0.717) is 18.2 Å². The van der Waals surface area contributed by atoms with E-state index in [0.717, 1.165) is 12.8 Å². The van der Waals surface area contributed by atoms with E-state index in [4.69, 9.17) is 0 Å². The molecule has 1 saturated carbocycles. The van der Waals surface area contributed by atoms with E-state index in [1.807, 2.05) is 0 Å². The van der Waals surface area contributed by atoms with Gasteiger partial charge in [0.15, 0.2) is 5.03 Å². The summed E-state index contributed by atoms with van der Waals surface area (Å²) >= 11 is 0. The number of hydrogen-bond acceptors (Lipinski definition) is 4. The van der Waals surface area contributed by atoms with Crippen molar-refractivity contribution < 1.29 is 8.42 Å². The third kappa shape index (κ3) is 3.30. The van der Waals surface area contributed by atoms with Gasteiger partial charge in [-0.15, -0.1) is 0 Å². The normalized spacial score (nSPS) is 17.4. The quantitative estimate of drug-likeness (QED) is 0.906. The molecule has 20 heavy (non-hydrogen) atoms. The Morgan fingerprint density at radius 3 is 2.70 bits per heavy atom. The van der Waals surface area contributed by atoms with Gasteiger partial charge < -0.3 is 5.32 Å². The molecule has 0 aromatic carbocycles. The van der Waals surface area contributed by atoms with Crippen LogP contribution in [0, 0.1) is 5.92 Å². The van der Waals surface area contributed by atoms with Crippen LogP contribution in [0.1, 0.15) is 32.1 Å². The predicted molar refractivity (Wildman–Crippen MR) is 80.2 cm³/mol. The summed E-state index contributed by atoms with van der Waals surface area (Å²) in [4.78, 5) is 4.04. The van der Waals surface area contributed by atoms with Crippen molar-refractivity contribution in [1.82, 2.24) is 9.29 Å². The lowest BCUT2D eigenvalue weighted by atomic mass is 9.89. The summed E-state index contributed by atoms with van der Waals surface area (Å²) in [6.07, 6.45) is 7.47. The molecule has 0 unspecified atom stereocenters. The second kappa shape index (κ2) is 6.54. The topological polar surface area (TPSA) is 62.3 Å². The van der Waals surface area contributed by atoms with Gasteiger partial charge >= 0.3 is 0 Å². The molecule has 0 amide bonds. The number of rotatable bonds is 5. The Balaban J connectivity index is 2.16. The molecule has 112 valence electrons. The van der Waals surface area contributed by atoms with Gasteiger partial charge in [0.05, 0.1) is 5.69 Å². The zero-order valence-corrected chi connectivity index (χ0v) is 13.0. The van der Waals surface area contributed by atoms with E-state index in [9.17, 15) is 8.42 Å². The zero-order chi connectivity index (χ0) is 14.6. The number of aromatic nitrogens is 1. The van der Waals surface area contributed by atoms with Crippen LogP contribution in [0.4, 0.5) is 5.69 Å². The Kier molecular flexibility index (Phi) is 4.99. The van der Waals surface area contributed by atoms with Gasteiger partial charge in [-0.05, 0) is 30.9 Å². The SMILES string of the molecule is CNc1cccnc1S(=O)(=O)N(C)CC1CCCCC1. The van der Waals surface area contributed by atoms with E-state index >= 15 is 0 Å². The molecular weight excluding hydrogens is 274 g/mol. The average Bonchev–Trinajstić information content (AvgIpc) is 2.48. The van der Waals surface area contributed by atoms with Crippen molar-refractivity contribution in [3.8, 4) is 0 Å². The summed E-state index contributed by atoms with van der Waals surface area (Å²) in [5, 5.41) is 3.00. The highest BCUT2D eigenvalue weighted by Crippen LogP contribution is 2.27. The summed E-state index contributed by atoms with van der Waals surface area (Å²) in [6.45, 7) is 0.585. The van der Waals surface area contributed by atoms with Crippen LogP contribution in [0.15, 0.2) is 23.4 Å². The molecule has 2 rings (SSSR count). The molecule has 0 spiro atoms. The Hall–Kier alpha value is -1.14. The van der Waals surface area contributed by atoms with Gasteiger partial charge in [0.1, 0.15) is 0 Å². The zero-order valence-electron chi connectivity index (χ0n) is 12.2. The van der Waals surface area contributed by atoms with Crippen molar-refractivity contribution >= 4 is 15.7 Å². The van der Waals surface area contributed by atoms with E-state index < -0.39 is 10.0 Å². The van der Waals surface area contributed by atoms with E-state index in [-0.39, 0.29) is 5.03 Å². The molecule has 1 heterocycles. The third-order valence-electron chi connectivity index (χ3n) is 3.94. The van der Waals surface area contributed by atoms with Gasteiger partial charge in [-0.2, -0.15) is 4.31 Å². The van der Waals surface area contributed by atoms with Crippen LogP contribution in [0.5, 0.6) is 0 Å². The molecular formula is C14H23N3O2S. The molecule has 0 atom stereocenters. The predicted octanol–water partition coefficient (Wildman–Crippen LogP) is 2.32. The fourth-order valence-corrected chi connectivity index (χ4v) is 4.11. The monoisotopic (exact) mass is 297 g/mol. The fraction of sp³-hybridized carbons (Fsp3) is 0.643. The molecule has 1 aliphatic carbocycles. The maximum atomic E-state index is 12.6. The number of nitrogens with one attached hydrogen (secondary N) is 1. The lowest BCUT2D eigenvalue weighted by Crippen LogP contribution is -2.33. The van der Waals surface area contributed by atoms with E-state index in [1.54, 1.807) is 26.2 Å². The fourth-order valence-electron chi connectivity index (χ4n) is 2.77. The van der Waals surface area contributed by atoms with E-state index in [1.165, 1.54) is 29.8 Å². The first kappa shape index (κ1) is 15.3. The van der Waals surface area contributed by atoms with Crippen molar-refractivity contribution in [1.29, 1.82) is 0 Å². The lowest BCUT2D eigenvalue weighted by molar-refractivity contribution is 0.299. The van der Waals surface area contributed by atoms with Crippen LogP contribution in [0.2, 0.25) is 0 Å². The molecule has 0 radical (unpaired) electrons. The molecule has 1 N–H and O–H groups in total. The Labute approximate surface area is 121 Å². The minimum Gasteiger partial charge on any atom is -0.386 e. The molecule has 1 aromatic heterocycles. The second-order valence-corrected chi connectivity index (χ2v) is 7.36. The van der Waals surface area contributed by atoms with Gasteiger partial charge in [0.25, 0.3) is 10.0 Å². The first-order valence-corrected chi connectivity index (χ1v) is 8.59. The summed E-state index contributed by atoms with van der Waals surface area (Å²) in [5.74, 6) is 0.477. The molecule has 1 aliphatic rings. The summed E-state index contributed by atoms with van der Waals surface area (Å²) in [7, 11) is -0.165. The number of sulfonamides is 1. The number of anilines is 1. The van der Waals surface area contributed by atoms with Crippen molar-refractivity contribution in [2.75, 3.05) is 26.0 Å². The Morgan fingerprint density at radius 1 is 1.35 bits per heavy atom. The van der Waals surface area contributed by atoms with E-state index in [2.05, 4.69) is 10.3 Å². The highest BCUT2D eigenvalue weighted by Gasteiger charge is 2.27. The first-order valence-electron chi connectivity index (χ1n) is 7.15. The van der Waals surface area contributed by atoms with Gasteiger partial charge in [-0.25, -0.2) is 13.4 Å². The van der Waals surface area contributed by atoms with Crippen molar-refractivity contribution in [2.45, 2.75) is 37.1 Å². The first-order chi connectivity index (χ1) is 9.55. The van der Waals surface area contributed by atoms with Crippen LogP contribution >= 0.6 is 0 Å². The smallest absolute Gasteiger partial charge is 0.262 e. The van der Waals surface area contributed by atoms with Crippen LogP contribution in [-0.2, 0) is 10.0 Å². The summed E-state index contributed by atoms with van der Waals surface area (Å²) in [6, 6.07) is 3.46. The van der Waals surface area contributed by atoms with Crippen molar-refractivity contribution in [2.24, 2.45) is 5.92 Å². The number of hydrogen-bond donors (Lipinski definition) is 1. The van der Waals surface area contributed by atoms with Gasteiger partial charge in [0, 0.05) is 26.8 Å². The highest BCUT2D eigenvalue weighted by atomic mass is 32.2. The number of nitrogens with zero attached hydrogens (tertiary/aromatic N) is 2. The summed E-state index contributed by atoms with van der Waals surface area (Å²) in [5.41, 5.74) is 0.544. The van der Waals surface area contributed by atoms with Crippen LogP contribution < -0.4 is 5.32 Å². The molecule has 0 saturated heterocycles. The second-order valence-electron chi connectivity index (χ2n) is 5.40. The van der Waals surface area contributed by atoms with Crippen molar-refractivity contribution in [3.63, 3.8) is 0 Å². The maximum absolute atomic E-state index is 12.6. The molecule has 0 bridgehead atoms. The molecule has 6 heteroatoms. The highest BCUT2D eigenvalue weighted by molar-refractivity contribution is 7.89. The number of pyridine rings is 1. The average molecular weight is 297 g/mol. The molecule has 1 fully saturated rings. The molecule has 5 nitrogen and oxygen atoms in total. The minimum atomic E-state index is -3.52. The van der Waals surface area contributed by atoms with Crippen LogP contribution in [-0.4, -0.2) is 38.3 Å². The Bertz CT molecular complexity index is 539. The minimum absolute atomic E-state index is 0.112. The van der Waals surface area contributed by atoms with Gasteiger partial charge in [-0.1, -0.05) is 19.3 Å². The molecule has 0 aliphatic heterocycles. The molecule has 1 aromatic rings. The van der Waals surface area contributed by atoms with Gasteiger partial charge in [0.2, 0.25) is 0 Å². The Morgan fingerprint density at radius 2 is 2.05 bits per heavy atom. The van der Waals surface area contributed by atoms with Crippen molar-refractivity contribution in [3.05, 3.63) is 18.3 Å². The maximum Gasteiger partial charge on any atom is 0.262 e. The third-order valence-corrected chi connectivity index (χ3v) is 5.72. The standard InChI is InChI=1S/C14H23N3O2S/c1-15-13-9-6-10-16-14(13)20(18,19)17(2)11-12-7-4-3-5-8-12/h6,9-10,12,15H,3-5,7-8,11H2,1-2H3. The van der Waals surface area contributed by atoms with Crippen LogP contribution in [0.25, 0.3) is 0 Å². The van der Waals surface area contributed by atoms with Gasteiger partial charge in [-0.3, -0.25) is 0 Å². The lowest BCUT2D eigenvalue weighted by Gasteiger charge is -2.26.